The molecule has 1 aromatic heterocycles. The van der Waals surface area contributed by atoms with E-state index >= 15 is 0 Å². The normalized spacial score (nSPS) is 10.9. The van der Waals surface area contributed by atoms with Crippen LogP contribution in [0.15, 0.2) is 6.07 Å². The second kappa shape index (κ2) is 5.23. The molecule has 0 radical (unpaired) electrons. The molecular formula is C10H18N4S. The van der Waals surface area contributed by atoms with Gasteiger partial charge in [0.1, 0.15) is 0 Å². The van der Waals surface area contributed by atoms with Gasteiger partial charge in [0.15, 0.2) is 0 Å². The van der Waals surface area contributed by atoms with E-state index in [1.54, 1.807) is 0 Å². The highest BCUT2D eigenvalue weighted by Gasteiger charge is 2.05. The number of hydrogen-bond acceptors (Lipinski definition) is 3. The summed E-state index contributed by atoms with van der Waals surface area (Å²) in [4.78, 5) is 2.76. The molecule has 0 fully saturated rings. The number of hydrogen-bond donors (Lipinski definition) is 1. The number of aromatic nitrogens is 2. The van der Waals surface area contributed by atoms with Crippen molar-refractivity contribution in [2.24, 2.45) is 12.8 Å². The zero-order valence-electron chi connectivity index (χ0n) is 9.53. The number of rotatable bonds is 5. The summed E-state index contributed by atoms with van der Waals surface area (Å²) in [6, 6.07) is 2.09. The predicted molar refractivity (Wildman–Crippen MR) is 65.7 cm³/mol. The molecule has 0 amide bonds. The van der Waals surface area contributed by atoms with E-state index in [2.05, 4.69) is 23.1 Å². The molecule has 0 aliphatic rings. The summed E-state index contributed by atoms with van der Waals surface area (Å²) < 4.78 is 1.91. The fourth-order valence-corrected chi connectivity index (χ4v) is 1.56. The third-order valence-electron chi connectivity index (χ3n) is 2.27. The van der Waals surface area contributed by atoms with E-state index in [0.29, 0.717) is 4.99 Å². The Kier molecular flexibility index (Phi) is 4.23. The topological polar surface area (TPSA) is 47.1 Å². The summed E-state index contributed by atoms with van der Waals surface area (Å²) in [5.41, 5.74) is 7.71. The van der Waals surface area contributed by atoms with Gasteiger partial charge in [-0.3, -0.25) is 4.68 Å². The maximum absolute atomic E-state index is 5.46. The summed E-state index contributed by atoms with van der Waals surface area (Å²) in [7, 11) is 4.02. The second-order valence-corrected chi connectivity index (χ2v) is 4.38. The van der Waals surface area contributed by atoms with Gasteiger partial charge in [-0.05, 0) is 20.0 Å². The van der Waals surface area contributed by atoms with Crippen molar-refractivity contribution in [3.8, 4) is 0 Å². The lowest BCUT2D eigenvalue weighted by Crippen LogP contribution is -2.24. The summed E-state index contributed by atoms with van der Waals surface area (Å²) >= 11 is 4.84. The number of nitrogens with zero attached hydrogens (tertiary/aromatic N) is 3. The van der Waals surface area contributed by atoms with Crippen molar-refractivity contribution in [3.63, 3.8) is 0 Å². The Morgan fingerprint density at radius 1 is 1.67 bits per heavy atom. The van der Waals surface area contributed by atoms with Crippen LogP contribution in [0, 0.1) is 6.92 Å². The van der Waals surface area contributed by atoms with Crippen LogP contribution >= 0.6 is 12.2 Å². The van der Waals surface area contributed by atoms with E-state index < -0.39 is 0 Å². The Bertz CT molecular complexity index is 345. The van der Waals surface area contributed by atoms with Crippen molar-refractivity contribution < 1.29 is 0 Å². The van der Waals surface area contributed by atoms with Gasteiger partial charge in [-0.2, -0.15) is 5.10 Å². The smallest absolute Gasteiger partial charge is 0.0740 e. The van der Waals surface area contributed by atoms with Gasteiger partial charge >= 0.3 is 0 Å². The summed E-state index contributed by atoms with van der Waals surface area (Å²) in [6.07, 6.45) is 0.767. The molecule has 0 aliphatic carbocycles. The largest absolute Gasteiger partial charge is 0.393 e. The van der Waals surface area contributed by atoms with Crippen molar-refractivity contribution in [1.29, 1.82) is 0 Å². The minimum absolute atomic E-state index is 0.572. The Morgan fingerprint density at radius 3 is 2.80 bits per heavy atom. The van der Waals surface area contributed by atoms with E-state index in [1.807, 2.05) is 18.7 Å². The molecule has 2 N–H and O–H groups in total. The predicted octanol–water partition coefficient (Wildman–Crippen LogP) is 0.837. The fourth-order valence-electron chi connectivity index (χ4n) is 1.47. The fraction of sp³-hybridized carbons (Fsp3) is 0.600. The van der Waals surface area contributed by atoms with Crippen LogP contribution < -0.4 is 5.73 Å². The molecule has 4 nitrogen and oxygen atoms in total. The summed E-state index contributed by atoms with van der Waals surface area (Å²) in [5.74, 6) is 0. The van der Waals surface area contributed by atoms with Gasteiger partial charge in [0.2, 0.25) is 0 Å². The lowest BCUT2D eigenvalue weighted by Gasteiger charge is -2.15. The Balaban J connectivity index is 2.47. The molecule has 0 saturated carbocycles. The molecule has 1 rings (SSSR count). The third kappa shape index (κ3) is 3.97. The van der Waals surface area contributed by atoms with E-state index in [-0.39, 0.29) is 0 Å². The summed E-state index contributed by atoms with van der Waals surface area (Å²) in [6.45, 7) is 3.76. The van der Waals surface area contributed by atoms with Crippen LogP contribution in [0.4, 0.5) is 0 Å². The van der Waals surface area contributed by atoms with Crippen molar-refractivity contribution in [2.75, 3.05) is 13.6 Å². The van der Waals surface area contributed by atoms with Crippen molar-refractivity contribution in [3.05, 3.63) is 17.5 Å². The second-order valence-electron chi connectivity index (χ2n) is 3.85. The Hall–Kier alpha value is -0.940. The van der Waals surface area contributed by atoms with Gasteiger partial charge in [-0.1, -0.05) is 12.2 Å². The first-order chi connectivity index (χ1) is 6.99. The van der Waals surface area contributed by atoms with E-state index in [0.717, 1.165) is 25.2 Å². The minimum atomic E-state index is 0.572. The molecule has 1 heterocycles. The van der Waals surface area contributed by atoms with Gasteiger partial charge in [-0.25, -0.2) is 0 Å². The van der Waals surface area contributed by atoms with Gasteiger partial charge in [0.05, 0.1) is 16.4 Å². The molecule has 0 bridgehead atoms. The summed E-state index contributed by atoms with van der Waals surface area (Å²) in [5, 5.41) is 4.30. The van der Waals surface area contributed by atoms with Gasteiger partial charge in [0.25, 0.3) is 0 Å². The monoisotopic (exact) mass is 226 g/mol. The standard InChI is InChI=1S/C10H18N4S/c1-8-6-9(14(3)12-8)7-13(2)5-4-10(11)15/h6H,4-5,7H2,1-3H3,(H2,11,15). The third-order valence-corrected chi connectivity index (χ3v) is 2.47. The molecule has 0 aliphatic heterocycles. The molecule has 1 aromatic rings. The maximum Gasteiger partial charge on any atom is 0.0740 e. The van der Waals surface area contributed by atoms with E-state index in [1.165, 1.54) is 5.69 Å². The van der Waals surface area contributed by atoms with E-state index in [4.69, 9.17) is 18.0 Å². The average molecular weight is 226 g/mol. The van der Waals surface area contributed by atoms with Crippen LogP contribution in [-0.4, -0.2) is 33.3 Å². The Morgan fingerprint density at radius 2 is 2.33 bits per heavy atom. The van der Waals surface area contributed by atoms with Crippen molar-refractivity contribution in [2.45, 2.75) is 19.9 Å². The molecule has 0 saturated heterocycles. The van der Waals surface area contributed by atoms with Crippen LogP contribution in [0.1, 0.15) is 17.8 Å². The number of nitrogens with two attached hydrogens (primary N) is 1. The highest BCUT2D eigenvalue weighted by molar-refractivity contribution is 7.80. The SMILES string of the molecule is Cc1cc(CN(C)CCC(N)=S)n(C)n1. The first kappa shape index (κ1) is 12.1. The van der Waals surface area contributed by atoms with Crippen LogP contribution in [0.5, 0.6) is 0 Å². The van der Waals surface area contributed by atoms with Crippen LogP contribution in [-0.2, 0) is 13.6 Å². The first-order valence-corrected chi connectivity index (χ1v) is 5.36. The lowest BCUT2D eigenvalue weighted by atomic mass is 10.3. The van der Waals surface area contributed by atoms with Crippen LogP contribution in [0.2, 0.25) is 0 Å². The molecule has 84 valence electrons. The maximum atomic E-state index is 5.46. The lowest BCUT2D eigenvalue weighted by molar-refractivity contribution is 0.327. The zero-order chi connectivity index (χ0) is 11.4. The molecule has 0 spiro atoms. The van der Waals surface area contributed by atoms with Gasteiger partial charge in [0, 0.05) is 26.6 Å². The molecule has 5 heteroatoms. The molecule has 0 atom stereocenters. The minimum Gasteiger partial charge on any atom is -0.393 e. The van der Waals surface area contributed by atoms with Gasteiger partial charge in [-0.15, -0.1) is 0 Å². The Labute approximate surface area is 96.1 Å². The zero-order valence-corrected chi connectivity index (χ0v) is 10.3. The van der Waals surface area contributed by atoms with Crippen molar-refractivity contribution in [1.82, 2.24) is 14.7 Å². The molecular weight excluding hydrogens is 208 g/mol. The van der Waals surface area contributed by atoms with Crippen LogP contribution in [0.3, 0.4) is 0 Å². The molecule has 0 unspecified atom stereocenters. The molecule has 15 heavy (non-hydrogen) atoms. The van der Waals surface area contributed by atoms with Crippen molar-refractivity contribution >= 4 is 17.2 Å². The number of aryl methyl sites for hydroxylation is 2. The highest BCUT2D eigenvalue weighted by atomic mass is 32.1. The highest BCUT2D eigenvalue weighted by Crippen LogP contribution is 2.05. The number of thiocarbonyl (C=S) groups is 1. The quantitative estimate of drug-likeness (QED) is 0.756. The van der Waals surface area contributed by atoms with E-state index in [9.17, 15) is 0 Å². The average Bonchev–Trinajstić information content (AvgIpc) is 2.42. The first-order valence-electron chi connectivity index (χ1n) is 4.95. The van der Waals surface area contributed by atoms with Crippen LogP contribution in [0.25, 0.3) is 0 Å². The van der Waals surface area contributed by atoms with Gasteiger partial charge < -0.3 is 10.6 Å². The molecule has 0 aromatic carbocycles.